The molecule has 0 amide bonds. The monoisotopic (exact) mass is 277 g/mol. The molecule has 0 aromatic carbocycles. The summed E-state index contributed by atoms with van der Waals surface area (Å²) in [6.45, 7) is 5.70. The molecule has 2 heterocycles. The van der Waals surface area contributed by atoms with Crippen LogP contribution >= 0.6 is 0 Å². The van der Waals surface area contributed by atoms with Crippen LogP contribution in [0.1, 0.15) is 34.6 Å². The third kappa shape index (κ3) is 2.93. The van der Waals surface area contributed by atoms with Crippen LogP contribution in [0.25, 0.3) is 0 Å². The normalized spacial score (nSPS) is 10.6. The zero-order valence-electron chi connectivity index (χ0n) is 11.5. The minimum Gasteiger partial charge on any atom is -0.461 e. The molecule has 0 saturated carbocycles. The fourth-order valence-corrected chi connectivity index (χ4v) is 1.81. The lowest BCUT2D eigenvalue weighted by Gasteiger charge is -2.06. The largest absolute Gasteiger partial charge is 0.461 e. The van der Waals surface area contributed by atoms with E-state index in [1.807, 2.05) is 0 Å². The molecular formula is C13H15N3O4. The maximum absolute atomic E-state index is 11.8. The summed E-state index contributed by atoms with van der Waals surface area (Å²) in [5.74, 6) is -0.155. The molecule has 0 N–H and O–H groups in total. The van der Waals surface area contributed by atoms with Gasteiger partial charge in [-0.2, -0.15) is 4.98 Å². The van der Waals surface area contributed by atoms with Crippen LogP contribution in [0.5, 0.6) is 0 Å². The van der Waals surface area contributed by atoms with Gasteiger partial charge in [-0.25, -0.2) is 9.59 Å². The Labute approximate surface area is 115 Å². The van der Waals surface area contributed by atoms with E-state index in [2.05, 4.69) is 10.1 Å². The average Bonchev–Trinajstić information content (AvgIpc) is 2.82. The predicted octanol–water partition coefficient (Wildman–Crippen LogP) is 1.07. The lowest BCUT2D eigenvalue weighted by Crippen LogP contribution is -2.25. The van der Waals surface area contributed by atoms with Gasteiger partial charge >= 0.3 is 11.7 Å². The summed E-state index contributed by atoms with van der Waals surface area (Å²) in [6, 6.07) is 3.26. The van der Waals surface area contributed by atoms with Gasteiger partial charge in [0.1, 0.15) is 0 Å². The van der Waals surface area contributed by atoms with E-state index in [1.165, 1.54) is 10.6 Å². The second-order valence-corrected chi connectivity index (χ2v) is 4.31. The molecule has 2 rings (SSSR count). The molecule has 0 spiro atoms. The van der Waals surface area contributed by atoms with Gasteiger partial charge in [-0.3, -0.25) is 4.57 Å². The third-order valence-electron chi connectivity index (χ3n) is 2.70. The highest BCUT2D eigenvalue weighted by Crippen LogP contribution is 2.08. The summed E-state index contributed by atoms with van der Waals surface area (Å²) in [4.78, 5) is 27.1. The van der Waals surface area contributed by atoms with Crippen LogP contribution in [0, 0.1) is 13.8 Å². The summed E-state index contributed by atoms with van der Waals surface area (Å²) in [7, 11) is 0. The first-order valence-corrected chi connectivity index (χ1v) is 6.19. The van der Waals surface area contributed by atoms with Gasteiger partial charge in [-0.15, -0.1) is 0 Å². The fourth-order valence-electron chi connectivity index (χ4n) is 1.81. The van der Waals surface area contributed by atoms with Crippen LogP contribution in [0.15, 0.2) is 21.5 Å². The van der Waals surface area contributed by atoms with Crippen molar-refractivity contribution in [1.29, 1.82) is 0 Å². The lowest BCUT2D eigenvalue weighted by atomic mass is 10.3. The number of hydrogen-bond donors (Lipinski definition) is 0. The molecule has 2 aromatic rings. The Morgan fingerprint density at radius 1 is 1.40 bits per heavy atom. The van der Waals surface area contributed by atoms with Crippen molar-refractivity contribution in [2.75, 3.05) is 6.61 Å². The van der Waals surface area contributed by atoms with E-state index in [4.69, 9.17) is 9.26 Å². The minimum absolute atomic E-state index is 0.0904. The minimum atomic E-state index is -0.548. The standard InChI is InChI=1S/C13H15N3O4/c1-4-19-12(17)11-6-10(20-15-11)7-16-9(3)5-8(2)14-13(16)18/h5-6H,4,7H2,1-3H3. The van der Waals surface area contributed by atoms with Gasteiger partial charge < -0.3 is 9.26 Å². The number of hydrogen-bond acceptors (Lipinski definition) is 6. The predicted molar refractivity (Wildman–Crippen MR) is 69.5 cm³/mol. The van der Waals surface area contributed by atoms with Gasteiger partial charge in [-0.05, 0) is 26.8 Å². The number of rotatable bonds is 4. The van der Waals surface area contributed by atoms with Crippen molar-refractivity contribution < 1.29 is 14.1 Å². The number of carbonyl (C=O) groups excluding carboxylic acids is 1. The molecule has 0 atom stereocenters. The van der Waals surface area contributed by atoms with E-state index in [0.717, 1.165) is 5.69 Å². The summed E-state index contributed by atoms with van der Waals surface area (Å²) < 4.78 is 11.3. The summed E-state index contributed by atoms with van der Waals surface area (Å²) in [5.41, 5.74) is 1.15. The first-order chi connectivity index (χ1) is 9.51. The van der Waals surface area contributed by atoms with Crippen LogP contribution in [-0.4, -0.2) is 27.3 Å². The highest BCUT2D eigenvalue weighted by atomic mass is 16.5. The van der Waals surface area contributed by atoms with Crippen LogP contribution in [0.2, 0.25) is 0 Å². The summed E-state index contributed by atoms with van der Waals surface area (Å²) in [6.07, 6.45) is 0. The Bertz CT molecular complexity index is 687. The molecule has 7 nitrogen and oxygen atoms in total. The number of ether oxygens (including phenoxy) is 1. The van der Waals surface area contributed by atoms with Crippen LogP contribution < -0.4 is 5.69 Å². The third-order valence-corrected chi connectivity index (χ3v) is 2.70. The second kappa shape index (κ2) is 5.68. The highest BCUT2D eigenvalue weighted by Gasteiger charge is 2.14. The molecule has 0 unspecified atom stereocenters. The number of carbonyl (C=O) groups is 1. The fraction of sp³-hybridized carbons (Fsp3) is 0.385. The molecule has 0 radical (unpaired) electrons. The zero-order valence-corrected chi connectivity index (χ0v) is 11.5. The van der Waals surface area contributed by atoms with Crippen molar-refractivity contribution in [3.8, 4) is 0 Å². The Balaban J connectivity index is 2.23. The van der Waals surface area contributed by atoms with E-state index in [9.17, 15) is 9.59 Å². The molecule has 0 aliphatic rings. The summed E-state index contributed by atoms with van der Waals surface area (Å²) >= 11 is 0. The van der Waals surface area contributed by atoms with E-state index in [0.29, 0.717) is 11.5 Å². The van der Waals surface area contributed by atoms with Crippen molar-refractivity contribution in [3.63, 3.8) is 0 Å². The van der Waals surface area contributed by atoms with Crippen LogP contribution in [0.4, 0.5) is 0 Å². The number of nitrogens with zero attached hydrogens (tertiary/aromatic N) is 3. The second-order valence-electron chi connectivity index (χ2n) is 4.31. The molecule has 106 valence electrons. The molecule has 0 saturated heterocycles. The van der Waals surface area contributed by atoms with Gasteiger partial charge in [0.25, 0.3) is 0 Å². The SMILES string of the molecule is CCOC(=O)c1cc(Cn2c(C)cc(C)nc2=O)on1. The number of esters is 1. The Morgan fingerprint density at radius 2 is 2.15 bits per heavy atom. The van der Waals surface area contributed by atoms with Crippen molar-refractivity contribution in [3.05, 3.63) is 45.5 Å². The molecule has 0 fully saturated rings. The maximum atomic E-state index is 11.8. The Morgan fingerprint density at radius 3 is 2.80 bits per heavy atom. The lowest BCUT2D eigenvalue weighted by molar-refractivity contribution is 0.0514. The van der Waals surface area contributed by atoms with E-state index in [-0.39, 0.29) is 24.5 Å². The highest BCUT2D eigenvalue weighted by molar-refractivity contribution is 5.87. The van der Waals surface area contributed by atoms with Gasteiger partial charge in [0.15, 0.2) is 11.5 Å². The van der Waals surface area contributed by atoms with Crippen molar-refractivity contribution in [2.24, 2.45) is 0 Å². The molecule has 7 heteroatoms. The van der Waals surface area contributed by atoms with E-state index in [1.54, 1.807) is 26.8 Å². The van der Waals surface area contributed by atoms with Crippen molar-refractivity contribution >= 4 is 5.97 Å². The van der Waals surface area contributed by atoms with Crippen LogP contribution in [0.3, 0.4) is 0 Å². The Hall–Kier alpha value is -2.44. The van der Waals surface area contributed by atoms with Gasteiger partial charge in [0, 0.05) is 17.5 Å². The van der Waals surface area contributed by atoms with Gasteiger partial charge in [0.2, 0.25) is 0 Å². The quantitative estimate of drug-likeness (QED) is 0.777. The average molecular weight is 277 g/mol. The molecular weight excluding hydrogens is 262 g/mol. The molecule has 20 heavy (non-hydrogen) atoms. The van der Waals surface area contributed by atoms with Gasteiger partial charge in [0.05, 0.1) is 13.2 Å². The molecule has 0 aliphatic carbocycles. The molecule has 0 aliphatic heterocycles. The number of aromatic nitrogens is 3. The van der Waals surface area contributed by atoms with E-state index < -0.39 is 5.97 Å². The first kappa shape index (κ1) is 14.0. The Kier molecular flexibility index (Phi) is 3.97. The maximum Gasteiger partial charge on any atom is 0.360 e. The first-order valence-electron chi connectivity index (χ1n) is 6.19. The van der Waals surface area contributed by atoms with Gasteiger partial charge in [-0.1, -0.05) is 5.16 Å². The van der Waals surface area contributed by atoms with Crippen molar-refractivity contribution in [2.45, 2.75) is 27.3 Å². The summed E-state index contributed by atoms with van der Waals surface area (Å²) in [5, 5.41) is 3.62. The van der Waals surface area contributed by atoms with E-state index >= 15 is 0 Å². The zero-order chi connectivity index (χ0) is 14.7. The van der Waals surface area contributed by atoms with Crippen LogP contribution in [-0.2, 0) is 11.3 Å². The molecule has 2 aromatic heterocycles. The number of aryl methyl sites for hydroxylation is 2. The molecule has 0 bridgehead atoms. The van der Waals surface area contributed by atoms with Crippen molar-refractivity contribution in [1.82, 2.24) is 14.7 Å². The topological polar surface area (TPSA) is 87.2 Å². The smallest absolute Gasteiger partial charge is 0.360 e.